The Labute approximate surface area is 191 Å². The van der Waals surface area contributed by atoms with Crippen LogP contribution in [0.4, 0.5) is 4.39 Å². The summed E-state index contributed by atoms with van der Waals surface area (Å²) in [6, 6.07) is 2.80. The summed E-state index contributed by atoms with van der Waals surface area (Å²) in [5.74, 6) is -0.886. The molecule has 180 valence electrons. The molecule has 0 radical (unpaired) electrons. The molecule has 0 aliphatic carbocycles. The van der Waals surface area contributed by atoms with Crippen molar-refractivity contribution in [3.05, 3.63) is 28.8 Å². The minimum absolute atomic E-state index is 0.0468. The van der Waals surface area contributed by atoms with Crippen molar-refractivity contribution < 1.29 is 22.4 Å². The molecule has 1 aromatic rings. The Morgan fingerprint density at radius 3 is 2.00 bits per heavy atom. The van der Waals surface area contributed by atoms with E-state index < -0.39 is 34.1 Å². The van der Waals surface area contributed by atoms with E-state index in [1.165, 1.54) is 4.90 Å². The Balaban J connectivity index is 2.37. The molecular formula is C23H36FN3O4S. The number of sulfonamides is 1. The predicted molar refractivity (Wildman–Crippen MR) is 123 cm³/mol. The van der Waals surface area contributed by atoms with Gasteiger partial charge < -0.3 is 10.6 Å². The van der Waals surface area contributed by atoms with Crippen molar-refractivity contribution in [3.8, 4) is 0 Å². The highest BCUT2D eigenvalue weighted by atomic mass is 32.2. The fourth-order valence-corrected chi connectivity index (χ4v) is 5.87. The van der Waals surface area contributed by atoms with Crippen LogP contribution in [0.15, 0.2) is 17.0 Å². The van der Waals surface area contributed by atoms with Crippen LogP contribution in [0, 0.1) is 0 Å². The molecule has 1 aliphatic rings. The Bertz CT molecular complexity index is 931. The monoisotopic (exact) mass is 469 g/mol. The second kappa shape index (κ2) is 10.3. The van der Waals surface area contributed by atoms with Crippen LogP contribution in [0.2, 0.25) is 0 Å². The van der Waals surface area contributed by atoms with E-state index in [2.05, 4.69) is 18.6 Å². The molecule has 0 bridgehead atoms. The van der Waals surface area contributed by atoms with Crippen LogP contribution in [0.1, 0.15) is 88.8 Å². The average Bonchev–Trinajstić information content (AvgIpc) is 3.04. The number of benzene rings is 1. The quantitative estimate of drug-likeness (QED) is 0.579. The molecule has 1 fully saturated rings. The maximum Gasteiger partial charge on any atom is 0.241 e. The van der Waals surface area contributed by atoms with Gasteiger partial charge in [-0.3, -0.25) is 9.59 Å². The number of carbonyl (C=O) groups is 2. The Morgan fingerprint density at radius 1 is 1.03 bits per heavy atom. The number of carbonyl (C=O) groups excluding carboxylic acids is 2. The first-order chi connectivity index (χ1) is 14.7. The molecule has 2 amide bonds. The van der Waals surface area contributed by atoms with Gasteiger partial charge >= 0.3 is 0 Å². The number of rotatable bonds is 9. The summed E-state index contributed by atoms with van der Waals surface area (Å²) in [7, 11) is -4.05. The molecule has 7 nitrogen and oxygen atoms in total. The molecule has 0 aromatic heterocycles. The fourth-order valence-electron chi connectivity index (χ4n) is 3.93. The molecule has 0 saturated carbocycles. The molecule has 1 aliphatic heterocycles. The minimum atomic E-state index is -4.05. The highest BCUT2D eigenvalue weighted by molar-refractivity contribution is 7.89. The second-order valence-electron chi connectivity index (χ2n) is 9.50. The number of primary amides is 1. The van der Waals surface area contributed by atoms with Crippen molar-refractivity contribution in [3.63, 3.8) is 0 Å². The van der Waals surface area contributed by atoms with Crippen LogP contribution in [-0.2, 0) is 19.6 Å². The zero-order valence-corrected chi connectivity index (χ0v) is 20.6. The van der Waals surface area contributed by atoms with Gasteiger partial charge in [-0.2, -0.15) is 0 Å². The number of nitrogens with one attached hydrogen (secondary N) is 1. The lowest BCUT2D eigenvalue weighted by Crippen LogP contribution is -2.42. The summed E-state index contributed by atoms with van der Waals surface area (Å²) in [5, 5.41) is 0. The highest BCUT2D eigenvalue weighted by Crippen LogP contribution is 2.35. The smallest absolute Gasteiger partial charge is 0.241 e. The molecule has 2 atom stereocenters. The van der Waals surface area contributed by atoms with Gasteiger partial charge in [0.2, 0.25) is 21.8 Å². The normalized spacial score (nSPS) is 19.4. The van der Waals surface area contributed by atoms with Crippen LogP contribution in [0.3, 0.4) is 0 Å². The standard InChI is InChI=1S/C23H36FN3O4S/c1-13(2)16-9-17(14(3)4)23(18(10-16)15(5)6)32(30,31)26-20-12-27(11-19(20)24)22(29)8-7-21(25)28/h9-10,13-15,19-20,26H,7-8,11-12H2,1-6H3,(H2,25,28). The van der Waals surface area contributed by atoms with E-state index in [1.54, 1.807) is 0 Å². The molecule has 0 spiro atoms. The molecular weight excluding hydrogens is 433 g/mol. The van der Waals surface area contributed by atoms with Crippen molar-refractivity contribution in [2.75, 3.05) is 13.1 Å². The molecule has 1 heterocycles. The molecule has 3 N–H and O–H groups in total. The first-order valence-corrected chi connectivity index (χ1v) is 12.6. The third kappa shape index (κ3) is 6.07. The van der Waals surface area contributed by atoms with Crippen molar-refractivity contribution in [1.29, 1.82) is 0 Å². The number of nitrogens with zero attached hydrogens (tertiary/aromatic N) is 1. The maximum absolute atomic E-state index is 14.7. The van der Waals surface area contributed by atoms with Crippen LogP contribution < -0.4 is 10.5 Å². The number of alkyl halides is 1. The van der Waals surface area contributed by atoms with Crippen LogP contribution in [0.5, 0.6) is 0 Å². The number of nitrogens with two attached hydrogens (primary N) is 1. The van der Waals surface area contributed by atoms with Crippen LogP contribution in [-0.4, -0.2) is 50.4 Å². The average molecular weight is 470 g/mol. The van der Waals surface area contributed by atoms with Crippen LogP contribution >= 0.6 is 0 Å². The summed E-state index contributed by atoms with van der Waals surface area (Å²) in [4.78, 5) is 24.6. The number of likely N-dealkylation sites (tertiary alicyclic amines) is 1. The summed E-state index contributed by atoms with van der Waals surface area (Å²) >= 11 is 0. The molecule has 1 aromatic carbocycles. The largest absolute Gasteiger partial charge is 0.370 e. The molecule has 9 heteroatoms. The van der Waals surface area contributed by atoms with Gasteiger partial charge in [-0.1, -0.05) is 53.7 Å². The number of hydrogen-bond donors (Lipinski definition) is 2. The molecule has 2 unspecified atom stereocenters. The first kappa shape index (κ1) is 26.3. The minimum Gasteiger partial charge on any atom is -0.370 e. The zero-order chi connectivity index (χ0) is 24.4. The van der Waals surface area contributed by atoms with Gasteiger partial charge in [-0.05, 0) is 34.4 Å². The van der Waals surface area contributed by atoms with Crippen molar-refractivity contribution in [2.45, 2.75) is 89.2 Å². The van der Waals surface area contributed by atoms with Gasteiger partial charge in [-0.15, -0.1) is 0 Å². The van der Waals surface area contributed by atoms with Gasteiger partial charge in [0.15, 0.2) is 0 Å². The van der Waals surface area contributed by atoms with E-state index in [0.29, 0.717) is 11.1 Å². The van der Waals surface area contributed by atoms with E-state index >= 15 is 0 Å². The van der Waals surface area contributed by atoms with Crippen LogP contribution in [0.25, 0.3) is 0 Å². The van der Waals surface area contributed by atoms with E-state index in [4.69, 9.17) is 5.73 Å². The summed E-state index contributed by atoms with van der Waals surface area (Å²) in [6.45, 7) is 11.6. The zero-order valence-electron chi connectivity index (χ0n) is 19.8. The number of hydrogen-bond acceptors (Lipinski definition) is 4. The van der Waals surface area contributed by atoms with Crippen molar-refractivity contribution >= 4 is 21.8 Å². The summed E-state index contributed by atoms with van der Waals surface area (Å²) in [6.07, 6.45) is -1.78. The third-order valence-corrected chi connectivity index (χ3v) is 7.46. The Hall–Kier alpha value is -2.00. The Kier molecular flexibility index (Phi) is 8.44. The second-order valence-corrected chi connectivity index (χ2v) is 11.2. The Morgan fingerprint density at radius 2 is 1.56 bits per heavy atom. The van der Waals surface area contributed by atoms with Gasteiger partial charge in [-0.25, -0.2) is 17.5 Å². The molecule has 1 saturated heterocycles. The van der Waals surface area contributed by atoms with Gasteiger partial charge in [0, 0.05) is 19.4 Å². The fraction of sp³-hybridized carbons (Fsp3) is 0.652. The molecule has 32 heavy (non-hydrogen) atoms. The van der Waals surface area contributed by atoms with Crippen molar-refractivity contribution in [2.24, 2.45) is 5.73 Å². The number of amides is 2. The van der Waals surface area contributed by atoms with E-state index in [-0.39, 0.29) is 48.6 Å². The van der Waals surface area contributed by atoms with E-state index in [1.807, 2.05) is 39.8 Å². The van der Waals surface area contributed by atoms with Crippen molar-refractivity contribution in [1.82, 2.24) is 9.62 Å². The SMILES string of the molecule is CC(C)c1cc(C(C)C)c(S(=O)(=O)NC2CN(C(=O)CCC(N)=O)CC2F)c(C(C)C)c1. The third-order valence-electron chi connectivity index (χ3n) is 5.84. The van der Waals surface area contributed by atoms with E-state index in [9.17, 15) is 22.4 Å². The van der Waals surface area contributed by atoms with E-state index in [0.717, 1.165) is 5.56 Å². The first-order valence-electron chi connectivity index (χ1n) is 11.1. The highest BCUT2D eigenvalue weighted by Gasteiger charge is 2.39. The van der Waals surface area contributed by atoms with Gasteiger partial charge in [0.1, 0.15) is 6.17 Å². The maximum atomic E-state index is 14.7. The lowest BCUT2D eigenvalue weighted by Gasteiger charge is -2.24. The molecule has 2 rings (SSSR count). The van der Waals surface area contributed by atoms with Gasteiger partial charge in [0.25, 0.3) is 0 Å². The lowest BCUT2D eigenvalue weighted by atomic mass is 9.89. The predicted octanol–water partition coefficient (Wildman–Crippen LogP) is 3.15. The summed E-state index contributed by atoms with van der Waals surface area (Å²) < 4.78 is 44.3. The summed E-state index contributed by atoms with van der Waals surface area (Å²) in [5.41, 5.74) is 7.54. The van der Waals surface area contributed by atoms with Gasteiger partial charge in [0.05, 0.1) is 17.5 Å². The lowest BCUT2D eigenvalue weighted by molar-refractivity contribution is -0.132. The number of halogens is 1. The topological polar surface area (TPSA) is 110 Å².